The number of nitrogens with zero attached hydrogens (tertiary/aromatic N) is 2. The van der Waals surface area contributed by atoms with Crippen molar-refractivity contribution >= 4 is 34.4 Å². The number of urea groups is 1. The largest absolute Gasteiger partial charge is 0.356 e. The molecule has 0 radical (unpaired) electrons. The minimum Gasteiger partial charge on any atom is -0.356 e. The number of aromatic nitrogens is 1. The van der Waals surface area contributed by atoms with Crippen molar-refractivity contribution in [1.29, 1.82) is 0 Å². The molecular weight excluding hydrogens is 435 g/mol. The maximum atomic E-state index is 13.9. The van der Waals surface area contributed by atoms with Gasteiger partial charge >= 0.3 is 6.03 Å². The molecule has 1 fully saturated rings. The molecule has 0 aliphatic carbocycles. The zero-order valence-corrected chi connectivity index (χ0v) is 19.4. The van der Waals surface area contributed by atoms with Crippen LogP contribution in [-0.4, -0.2) is 45.2 Å². The summed E-state index contributed by atoms with van der Waals surface area (Å²) in [5.74, 6) is -1.24. The molecule has 1 saturated heterocycles. The number of carbonyl (C=O) groups excluding carboxylic acids is 3. The summed E-state index contributed by atoms with van der Waals surface area (Å²) >= 11 is 0. The normalized spacial score (nSPS) is 20.6. The summed E-state index contributed by atoms with van der Waals surface area (Å²) < 4.78 is 13.3. The molecule has 7 nitrogen and oxygen atoms in total. The number of hydrogen-bond donors (Lipinski definition) is 2. The lowest BCUT2D eigenvalue weighted by Crippen LogP contribution is -2.50. The molecule has 0 bridgehead atoms. The number of halogens is 1. The smallest absolute Gasteiger partial charge is 0.328 e. The van der Waals surface area contributed by atoms with E-state index in [0.717, 1.165) is 21.4 Å². The summed E-state index contributed by atoms with van der Waals surface area (Å²) in [6.45, 7) is 6.02. The van der Waals surface area contributed by atoms with Crippen LogP contribution in [0.5, 0.6) is 0 Å². The van der Waals surface area contributed by atoms with Crippen LogP contribution in [0.4, 0.5) is 14.9 Å². The topological polar surface area (TPSA) is 85.5 Å². The standard InChI is InChI=1S/C26H27FN4O3/c1-15(2)14-21(23(32)28-17-10-8-16(27)9-11-17)31-24(33)26(3)22-19(12-13-30(26)25(31)34)18-6-4-5-7-20(18)29-22/h4-11,15,21,29H,12-14H2,1-3H3,(H,28,32)/t21-,26-/m0/s1. The molecule has 2 aliphatic rings. The van der Waals surface area contributed by atoms with Crippen molar-refractivity contribution in [2.75, 3.05) is 11.9 Å². The van der Waals surface area contributed by atoms with Gasteiger partial charge in [-0.1, -0.05) is 32.0 Å². The molecule has 0 saturated carbocycles. The third kappa shape index (κ3) is 3.28. The van der Waals surface area contributed by atoms with E-state index < -0.39 is 35.2 Å². The first-order valence-corrected chi connectivity index (χ1v) is 11.5. The maximum absolute atomic E-state index is 13.9. The van der Waals surface area contributed by atoms with Gasteiger partial charge < -0.3 is 15.2 Å². The molecule has 176 valence electrons. The van der Waals surface area contributed by atoms with Gasteiger partial charge in [-0.15, -0.1) is 0 Å². The quantitative estimate of drug-likeness (QED) is 0.552. The molecule has 34 heavy (non-hydrogen) atoms. The van der Waals surface area contributed by atoms with Crippen molar-refractivity contribution in [1.82, 2.24) is 14.8 Å². The van der Waals surface area contributed by atoms with E-state index in [0.29, 0.717) is 30.8 Å². The number of nitrogens with one attached hydrogen (secondary N) is 2. The zero-order valence-electron chi connectivity index (χ0n) is 19.4. The molecule has 8 heteroatoms. The van der Waals surface area contributed by atoms with Gasteiger partial charge in [0.1, 0.15) is 11.9 Å². The molecule has 1 aromatic heterocycles. The molecule has 0 unspecified atom stereocenters. The van der Waals surface area contributed by atoms with E-state index in [1.54, 1.807) is 11.8 Å². The lowest BCUT2D eigenvalue weighted by atomic mass is 9.87. The van der Waals surface area contributed by atoms with Crippen molar-refractivity contribution in [3.8, 4) is 0 Å². The Morgan fingerprint density at radius 2 is 1.85 bits per heavy atom. The van der Waals surface area contributed by atoms with Gasteiger partial charge in [0.2, 0.25) is 5.91 Å². The van der Waals surface area contributed by atoms with Crippen LogP contribution in [0.1, 0.15) is 38.4 Å². The van der Waals surface area contributed by atoms with Crippen molar-refractivity contribution in [2.24, 2.45) is 5.92 Å². The van der Waals surface area contributed by atoms with Crippen LogP contribution in [-0.2, 0) is 21.5 Å². The van der Waals surface area contributed by atoms with Crippen molar-refractivity contribution in [3.05, 3.63) is 65.6 Å². The Morgan fingerprint density at radius 1 is 1.15 bits per heavy atom. The monoisotopic (exact) mass is 462 g/mol. The molecule has 0 spiro atoms. The second-order valence-corrected chi connectivity index (χ2v) is 9.60. The fourth-order valence-corrected chi connectivity index (χ4v) is 5.23. The van der Waals surface area contributed by atoms with E-state index in [4.69, 9.17) is 0 Å². The van der Waals surface area contributed by atoms with Gasteiger partial charge in [-0.3, -0.25) is 9.59 Å². The average Bonchev–Trinajstić information content (AvgIpc) is 3.28. The van der Waals surface area contributed by atoms with E-state index in [1.807, 2.05) is 38.1 Å². The summed E-state index contributed by atoms with van der Waals surface area (Å²) in [4.78, 5) is 46.9. The van der Waals surface area contributed by atoms with Crippen LogP contribution < -0.4 is 5.32 Å². The molecule has 2 aliphatic heterocycles. The van der Waals surface area contributed by atoms with E-state index in [9.17, 15) is 18.8 Å². The molecule has 2 atom stereocenters. The predicted molar refractivity (Wildman–Crippen MR) is 127 cm³/mol. The van der Waals surface area contributed by atoms with Crippen LogP contribution >= 0.6 is 0 Å². The van der Waals surface area contributed by atoms with Crippen LogP contribution in [0.3, 0.4) is 0 Å². The highest BCUT2D eigenvalue weighted by atomic mass is 19.1. The predicted octanol–water partition coefficient (Wildman–Crippen LogP) is 4.40. The number of benzene rings is 2. The molecular formula is C26H27FN4O3. The fourth-order valence-electron chi connectivity index (χ4n) is 5.23. The highest BCUT2D eigenvalue weighted by Crippen LogP contribution is 2.45. The van der Waals surface area contributed by atoms with E-state index >= 15 is 0 Å². The van der Waals surface area contributed by atoms with Crippen molar-refractivity contribution in [2.45, 2.75) is 45.2 Å². The number of rotatable bonds is 5. The number of anilines is 1. The Kier molecular flexibility index (Phi) is 5.19. The Hall–Kier alpha value is -3.68. The van der Waals surface area contributed by atoms with Crippen LogP contribution in [0.15, 0.2) is 48.5 Å². The van der Waals surface area contributed by atoms with Gasteiger partial charge in [0.05, 0.1) is 5.69 Å². The van der Waals surface area contributed by atoms with E-state index in [2.05, 4.69) is 10.3 Å². The van der Waals surface area contributed by atoms with E-state index in [1.165, 1.54) is 24.3 Å². The fraction of sp³-hybridized carbons (Fsp3) is 0.346. The van der Waals surface area contributed by atoms with Gasteiger partial charge in [0, 0.05) is 23.1 Å². The minimum atomic E-state index is -1.21. The van der Waals surface area contributed by atoms with Crippen molar-refractivity contribution in [3.63, 3.8) is 0 Å². The second kappa shape index (κ2) is 7.97. The Labute approximate surface area is 196 Å². The Balaban J connectivity index is 1.53. The summed E-state index contributed by atoms with van der Waals surface area (Å²) in [7, 11) is 0. The van der Waals surface area contributed by atoms with Gasteiger partial charge in [0.25, 0.3) is 5.91 Å². The molecule has 3 heterocycles. The third-order valence-electron chi connectivity index (χ3n) is 6.92. The highest BCUT2D eigenvalue weighted by Gasteiger charge is 2.60. The molecule has 2 aromatic carbocycles. The second-order valence-electron chi connectivity index (χ2n) is 9.60. The van der Waals surface area contributed by atoms with Crippen LogP contribution in [0.25, 0.3) is 10.9 Å². The number of amides is 4. The summed E-state index contributed by atoms with van der Waals surface area (Å²) in [6.07, 6.45) is 0.937. The van der Waals surface area contributed by atoms with Gasteiger partial charge in [0.15, 0.2) is 5.54 Å². The first kappa shape index (κ1) is 22.1. The maximum Gasteiger partial charge on any atom is 0.328 e. The first-order chi connectivity index (χ1) is 16.2. The van der Waals surface area contributed by atoms with Crippen LogP contribution in [0.2, 0.25) is 0 Å². The summed E-state index contributed by atoms with van der Waals surface area (Å²) in [5, 5.41) is 3.80. The van der Waals surface area contributed by atoms with Gasteiger partial charge in [-0.2, -0.15) is 0 Å². The van der Waals surface area contributed by atoms with Gasteiger partial charge in [-0.05, 0) is 61.6 Å². The van der Waals surface area contributed by atoms with Crippen molar-refractivity contribution < 1.29 is 18.8 Å². The first-order valence-electron chi connectivity index (χ1n) is 11.5. The average molecular weight is 463 g/mol. The summed E-state index contributed by atoms with van der Waals surface area (Å²) in [6, 6.07) is 11.8. The number of fused-ring (bicyclic) bond motifs is 5. The van der Waals surface area contributed by atoms with Crippen LogP contribution in [0, 0.1) is 11.7 Å². The van der Waals surface area contributed by atoms with E-state index in [-0.39, 0.29) is 5.92 Å². The lowest BCUT2D eigenvalue weighted by molar-refractivity contribution is -0.138. The number of carbonyl (C=O) groups is 3. The summed E-state index contributed by atoms with van der Waals surface area (Å²) in [5.41, 5.74) is 1.86. The molecule has 3 aromatic rings. The molecule has 5 rings (SSSR count). The molecule has 4 amide bonds. The number of H-pyrrole nitrogens is 1. The lowest BCUT2D eigenvalue weighted by Gasteiger charge is -2.36. The zero-order chi connectivity index (χ0) is 24.2. The number of para-hydroxylation sites is 1. The highest BCUT2D eigenvalue weighted by molar-refractivity contribution is 6.12. The number of aromatic amines is 1. The SMILES string of the molecule is CC(C)C[C@@H](C(=O)Nc1ccc(F)cc1)N1C(=O)N2CCc3c([nH]c4ccccc34)[C@@]2(C)C1=O. The third-order valence-corrected chi connectivity index (χ3v) is 6.92. The Morgan fingerprint density at radius 3 is 2.56 bits per heavy atom. The minimum absolute atomic E-state index is 0.0543. The number of imide groups is 1. The van der Waals surface area contributed by atoms with Gasteiger partial charge in [-0.25, -0.2) is 14.1 Å². The molecule has 2 N–H and O–H groups in total. The Bertz CT molecular complexity index is 1300. The number of hydrogen-bond acceptors (Lipinski definition) is 3.